The van der Waals surface area contributed by atoms with E-state index in [1.807, 2.05) is 19.9 Å². The molecular weight excluding hydrogens is 624 g/mol. The van der Waals surface area contributed by atoms with Gasteiger partial charge in [-0.3, -0.25) is 0 Å². The molecule has 0 radical (unpaired) electrons. The first-order chi connectivity index (χ1) is 17.9. The van der Waals surface area contributed by atoms with Crippen LogP contribution >= 0.6 is 31.0 Å². The fourth-order valence-electron chi connectivity index (χ4n) is 5.01. The molecule has 0 aliphatic carbocycles. The Morgan fingerprint density at radius 2 is 1.18 bits per heavy atom. The molecule has 0 atom stereocenters. The topological polar surface area (TPSA) is 15.7 Å². The van der Waals surface area contributed by atoms with E-state index in [-0.39, 0.29) is 21.2 Å². The number of hydrogen-bond acceptors (Lipinski definition) is 3. The van der Waals surface area contributed by atoms with Crippen LogP contribution in [-0.4, -0.2) is 19.2 Å². The van der Waals surface area contributed by atoms with Crippen LogP contribution in [0.5, 0.6) is 5.75 Å². The molecule has 3 aromatic carbocycles. The number of hydrogen-bond donors (Lipinski definition) is 0. The molecule has 1 fully saturated rings. The molecule has 7 heteroatoms. The van der Waals surface area contributed by atoms with Gasteiger partial charge in [-0.05, 0) is 82.7 Å². The zero-order valence-corrected chi connectivity index (χ0v) is 27.6. The molecule has 0 N–H and O–H groups in total. The minimum atomic E-state index is -0.346. The van der Waals surface area contributed by atoms with E-state index in [0.29, 0.717) is 5.02 Å². The molecule has 4 rings (SSSR count). The summed E-state index contributed by atoms with van der Waals surface area (Å²) in [6, 6.07) is 14.5. The van der Waals surface area contributed by atoms with Gasteiger partial charge >= 0.3 is 34.5 Å². The molecule has 0 unspecified atom stereocenters. The molecular formula is C31H39Cl3N2ORu. The molecule has 38 heavy (non-hydrogen) atoms. The van der Waals surface area contributed by atoms with Gasteiger partial charge in [-0.15, -0.1) is 6.07 Å². The molecule has 1 saturated heterocycles. The van der Waals surface area contributed by atoms with Crippen LogP contribution in [-0.2, 0) is 15.1 Å². The van der Waals surface area contributed by atoms with Crippen molar-refractivity contribution in [3.63, 3.8) is 0 Å². The van der Waals surface area contributed by atoms with Crippen LogP contribution < -0.4 is 14.5 Å². The Labute approximate surface area is 251 Å². The summed E-state index contributed by atoms with van der Waals surface area (Å²) in [7, 11) is 9.71. The zero-order chi connectivity index (χ0) is 28.6. The van der Waals surface area contributed by atoms with E-state index in [9.17, 15) is 0 Å². The number of ether oxygens (including phenoxy) is 1. The maximum atomic E-state index is 5.76. The quantitative estimate of drug-likeness (QED) is 0.204. The number of nitrogens with zero attached hydrogens (tertiary/aromatic N) is 2. The molecule has 0 bridgehead atoms. The van der Waals surface area contributed by atoms with Crippen molar-refractivity contribution >= 4 is 42.4 Å². The average Bonchev–Trinajstić information content (AvgIpc) is 3.24. The summed E-state index contributed by atoms with van der Waals surface area (Å²) in [4.78, 5) is 4.81. The number of anilines is 2. The van der Waals surface area contributed by atoms with E-state index in [1.54, 1.807) is 12.1 Å². The van der Waals surface area contributed by atoms with Crippen molar-refractivity contribution in [2.24, 2.45) is 0 Å². The molecule has 0 saturated carbocycles. The molecule has 1 heterocycles. The maximum absolute atomic E-state index is 5.76. The van der Waals surface area contributed by atoms with Gasteiger partial charge in [0, 0.05) is 30.2 Å². The Morgan fingerprint density at radius 3 is 1.53 bits per heavy atom. The van der Waals surface area contributed by atoms with Crippen LogP contribution in [0.2, 0.25) is 5.02 Å². The van der Waals surface area contributed by atoms with Crippen molar-refractivity contribution in [1.29, 1.82) is 0 Å². The first-order valence-electron chi connectivity index (χ1n) is 12.5. The monoisotopic (exact) mass is 662 g/mol. The van der Waals surface area contributed by atoms with Crippen LogP contribution in [0.3, 0.4) is 0 Å². The molecule has 0 aromatic heterocycles. The molecule has 208 valence electrons. The predicted molar refractivity (Wildman–Crippen MR) is 164 cm³/mol. The minimum absolute atomic E-state index is 0.173. The number of aryl methyl sites for hydroxylation is 6. The Hall–Kier alpha value is -1.58. The molecule has 0 spiro atoms. The van der Waals surface area contributed by atoms with Gasteiger partial charge in [0.05, 0.1) is 6.10 Å². The van der Waals surface area contributed by atoms with Crippen molar-refractivity contribution in [2.75, 3.05) is 22.9 Å². The van der Waals surface area contributed by atoms with E-state index in [0.717, 1.165) is 24.4 Å². The van der Waals surface area contributed by atoms with Crippen molar-refractivity contribution in [1.82, 2.24) is 0 Å². The second kappa shape index (κ2) is 15.3. The third-order valence-corrected chi connectivity index (χ3v) is 6.33. The van der Waals surface area contributed by atoms with E-state index < -0.39 is 0 Å². The van der Waals surface area contributed by atoms with E-state index in [2.05, 4.69) is 89.2 Å². The second-order valence-corrected chi connectivity index (χ2v) is 13.0. The Kier molecular flexibility index (Phi) is 13.1. The van der Waals surface area contributed by atoms with Crippen LogP contribution in [0.4, 0.5) is 11.4 Å². The van der Waals surface area contributed by atoms with Gasteiger partial charge in [-0.2, -0.15) is 19.2 Å². The summed E-state index contributed by atoms with van der Waals surface area (Å²) in [5, 5.41) is 0.691. The molecule has 1 aliphatic rings. The van der Waals surface area contributed by atoms with Crippen LogP contribution in [0.1, 0.15) is 52.8 Å². The third-order valence-electron chi connectivity index (χ3n) is 6.09. The fourth-order valence-corrected chi connectivity index (χ4v) is 5.20. The Balaban J connectivity index is 0.000000284. The van der Waals surface area contributed by atoms with Gasteiger partial charge in [-0.1, -0.05) is 59.1 Å². The van der Waals surface area contributed by atoms with Gasteiger partial charge in [-0.25, -0.2) is 0 Å². The Bertz CT molecular complexity index is 1110. The third kappa shape index (κ3) is 9.27. The summed E-state index contributed by atoms with van der Waals surface area (Å²) in [5.74, 6) is 0.800. The molecule has 1 aliphatic heterocycles. The molecule has 0 amide bonds. The van der Waals surface area contributed by atoms with Crippen LogP contribution in [0.25, 0.3) is 0 Å². The molecule has 3 nitrogen and oxygen atoms in total. The normalized spacial score (nSPS) is 12.6. The van der Waals surface area contributed by atoms with Gasteiger partial charge in [0.25, 0.3) is 0 Å². The van der Waals surface area contributed by atoms with Crippen LogP contribution in [0.15, 0.2) is 42.5 Å². The zero-order valence-electron chi connectivity index (χ0n) is 23.6. The van der Waals surface area contributed by atoms with Crippen molar-refractivity contribution in [2.45, 2.75) is 61.5 Å². The van der Waals surface area contributed by atoms with Gasteiger partial charge in [0.1, 0.15) is 0 Å². The van der Waals surface area contributed by atoms with E-state index in [4.69, 9.17) is 35.7 Å². The van der Waals surface area contributed by atoms with Gasteiger partial charge < -0.3 is 14.5 Å². The standard InChI is InChI=1S/C21H27N2.C10H12ClO.2ClH.Ru/c1-14-9-16(3)20(17(4)10-14)22-7-8-23(13-22)21-18(5)11-15(2)12-19(21)6;1-7(2)12-10-5-4-9(11)6-8(10)3;;;/h9-13H,7-8H2,1-6H3;4-7H,3H2,1-2H3;2*1H;/q2*-1;;;+4/p-2. The summed E-state index contributed by atoms with van der Waals surface area (Å²) in [6.07, 6.45) is 0.173. The van der Waals surface area contributed by atoms with Crippen molar-refractivity contribution in [3.05, 3.63) is 100 Å². The van der Waals surface area contributed by atoms with E-state index >= 15 is 0 Å². The number of rotatable bonds is 4. The Morgan fingerprint density at radius 1 is 0.789 bits per heavy atom. The number of halogens is 3. The summed E-state index contributed by atoms with van der Waals surface area (Å²) < 4.78 is 5.48. The first-order valence-corrected chi connectivity index (χ1v) is 17.4. The summed E-state index contributed by atoms with van der Waals surface area (Å²) in [5.41, 5.74) is 11.7. The SMILES string of the molecule is Cc1cc(C)c(N2[CH-]N(c3c(C)cc(C)cc3C)CC2)c(C)c1.[CH2-]c1cc(Cl)ccc1OC(C)C.[Cl][Ru+2][Cl]. The summed E-state index contributed by atoms with van der Waals surface area (Å²) in [6.45, 7) is 25.4. The van der Waals surface area contributed by atoms with Gasteiger partial charge in [0.2, 0.25) is 0 Å². The van der Waals surface area contributed by atoms with Crippen molar-refractivity contribution in [3.8, 4) is 5.75 Å². The van der Waals surface area contributed by atoms with Crippen LogP contribution in [0, 0.1) is 55.1 Å². The van der Waals surface area contributed by atoms with Crippen molar-refractivity contribution < 1.29 is 19.9 Å². The van der Waals surface area contributed by atoms with Gasteiger partial charge in [0.15, 0.2) is 0 Å². The predicted octanol–water partition coefficient (Wildman–Crippen LogP) is 9.67. The van der Waals surface area contributed by atoms with E-state index in [1.165, 1.54) is 44.8 Å². The summed E-state index contributed by atoms with van der Waals surface area (Å²) >= 11 is 5.41. The molecule has 3 aromatic rings. The second-order valence-electron chi connectivity index (χ2n) is 9.97. The fraction of sp³-hybridized carbons (Fsp3) is 0.355. The number of benzene rings is 3. The average molecular weight is 663 g/mol. The first kappa shape index (κ1) is 32.6.